The van der Waals surface area contributed by atoms with E-state index in [9.17, 15) is 4.79 Å². The molecule has 0 saturated heterocycles. The molecule has 2 rings (SSSR count). The molecule has 0 atom stereocenters. The van der Waals surface area contributed by atoms with E-state index in [0.717, 1.165) is 9.79 Å². The Morgan fingerprint density at radius 2 is 1.95 bits per heavy atom. The van der Waals surface area contributed by atoms with Crippen LogP contribution in [0.15, 0.2) is 40.1 Å². The summed E-state index contributed by atoms with van der Waals surface area (Å²) >= 11 is 1.51. The minimum atomic E-state index is -1.13. The normalized spacial score (nSPS) is 10.2. The third kappa shape index (κ3) is 3.03. The van der Waals surface area contributed by atoms with Crippen molar-refractivity contribution in [3.05, 3.63) is 41.9 Å². The second kappa shape index (κ2) is 5.71. The number of aryl methyl sites for hydroxylation is 1. The van der Waals surface area contributed by atoms with Crippen molar-refractivity contribution in [1.82, 2.24) is 9.97 Å². The van der Waals surface area contributed by atoms with Gasteiger partial charge in [-0.1, -0.05) is 30.0 Å². The molecule has 0 unspecified atom stereocenters. The molecule has 0 radical (unpaired) electrons. The van der Waals surface area contributed by atoms with Crippen molar-refractivity contribution >= 4 is 23.5 Å². The highest BCUT2D eigenvalue weighted by Crippen LogP contribution is 2.34. The number of aromatic carboxylic acids is 1. The Morgan fingerprint density at radius 1 is 1.26 bits per heavy atom. The van der Waals surface area contributed by atoms with E-state index in [4.69, 9.17) is 5.11 Å². The number of carbonyl (C=O) groups is 1. The minimum Gasteiger partial charge on any atom is -0.475 e. The molecule has 0 bridgehead atoms. The number of hydrogen-bond donors (Lipinski definition) is 2. The van der Waals surface area contributed by atoms with Crippen molar-refractivity contribution in [3.8, 4) is 0 Å². The highest BCUT2D eigenvalue weighted by molar-refractivity contribution is 7.99. The van der Waals surface area contributed by atoms with E-state index < -0.39 is 5.97 Å². The first-order valence-corrected chi connectivity index (χ1v) is 6.46. The highest BCUT2D eigenvalue weighted by atomic mass is 32.2. The predicted octanol–water partition coefficient (Wildman–Crippen LogP) is 2.68. The number of rotatable bonds is 4. The first-order chi connectivity index (χ1) is 9.11. The summed E-state index contributed by atoms with van der Waals surface area (Å²) in [6.07, 6.45) is 0. The zero-order valence-electron chi connectivity index (χ0n) is 10.5. The number of nitrogens with one attached hydrogen (secondary N) is 1. The van der Waals surface area contributed by atoms with Crippen LogP contribution >= 0.6 is 11.8 Å². The third-order valence-electron chi connectivity index (χ3n) is 2.43. The Labute approximate surface area is 115 Å². The van der Waals surface area contributed by atoms with E-state index in [1.165, 1.54) is 11.8 Å². The maximum atomic E-state index is 10.9. The molecule has 6 heteroatoms. The van der Waals surface area contributed by atoms with E-state index >= 15 is 0 Å². The number of nitrogens with zero attached hydrogens (tertiary/aromatic N) is 2. The molecule has 1 aromatic carbocycles. The smallest absolute Gasteiger partial charge is 0.374 e. The zero-order valence-corrected chi connectivity index (χ0v) is 11.4. The van der Waals surface area contributed by atoms with Gasteiger partial charge in [-0.25, -0.2) is 14.8 Å². The summed E-state index contributed by atoms with van der Waals surface area (Å²) in [7, 11) is 1.71. The molecular weight excluding hydrogens is 262 g/mol. The molecule has 0 saturated carbocycles. The van der Waals surface area contributed by atoms with Crippen molar-refractivity contribution in [2.75, 3.05) is 12.4 Å². The average molecular weight is 275 g/mol. The van der Waals surface area contributed by atoms with E-state index in [1.807, 2.05) is 30.3 Å². The molecule has 1 aromatic heterocycles. The van der Waals surface area contributed by atoms with Crippen LogP contribution in [0.25, 0.3) is 0 Å². The summed E-state index contributed by atoms with van der Waals surface area (Å²) in [4.78, 5) is 20.8. The maximum Gasteiger partial charge on any atom is 0.374 e. The number of aromatic nitrogens is 2. The van der Waals surface area contributed by atoms with Crippen LogP contribution in [0.5, 0.6) is 0 Å². The van der Waals surface area contributed by atoms with Gasteiger partial charge in [0, 0.05) is 11.9 Å². The van der Waals surface area contributed by atoms with E-state index in [0.29, 0.717) is 11.5 Å². The first-order valence-electron chi connectivity index (χ1n) is 5.64. The molecule has 0 amide bonds. The van der Waals surface area contributed by atoms with Crippen LogP contribution in [0, 0.1) is 6.92 Å². The molecule has 0 aliphatic rings. The van der Waals surface area contributed by atoms with Gasteiger partial charge in [0.25, 0.3) is 0 Å². The quantitative estimate of drug-likeness (QED) is 0.893. The molecule has 0 spiro atoms. The van der Waals surface area contributed by atoms with Crippen LogP contribution < -0.4 is 5.32 Å². The Balaban J connectivity index is 2.42. The Bertz CT molecular complexity index is 602. The van der Waals surface area contributed by atoms with Crippen LogP contribution in [0.2, 0.25) is 0 Å². The number of benzene rings is 1. The van der Waals surface area contributed by atoms with Gasteiger partial charge in [0.15, 0.2) is 0 Å². The van der Waals surface area contributed by atoms with Gasteiger partial charge in [0.2, 0.25) is 5.82 Å². The van der Waals surface area contributed by atoms with Gasteiger partial charge in [0.1, 0.15) is 5.82 Å². The monoisotopic (exact) mass is 275 g/mol. The lowest BCUT2D eigenvalue weighted by Crippen LogP contribution is -2.09. The molecule has 19 heavy (non-hydrogen) atoms. The first kappa shape index (κ1) is 13.4. The number of carboxylic acids is 1. The standard InChI is InChI=1S/C13H13N3O2S/c1-8-10(19-9-6-4-3-5-7-9)11(14-2)16-12(15-8)13(17)18/h3-7H,1-2H3,(H,17,18)(H,14,15,16). The van der Waals surface area contributed by atoms with Gasteiger partial charge in [-0.2, -0.15) is 0 Å². The van der Waals surface area contributed by atoms with Gasteiger partial charge in [-0.15, -0.1) is 0 Å². The number of anilines is 1. The van der Waals surface area contributed by atoms with E-state index in [-0.39, 0.29) is 5.82 Å². The fourth-order valence-electron chi connectivity index (χ4n) is 1.56. The lowest BCUT2D eigenvalue weighted by Gasteiger charge is -2.11. The van der Waals surface area contributed by atoms with Gasteiger partial charge < -0.3 is 10.4 Å². The summed E-state index contributed by atoms with van der Waals surface area (Å²) in [5, 5.41) is 11.9. The van der Waals surface area contributed by atoms with Crippen molar-refractivity contribution in [3.63, 3.8) is 0 Å². The second-order valence-electron chi connectivity index (χ2n) is 3.78. The molecule has 0 aliphatic carbocycles. The zero-order chi connectivity index (χ0) is 13.8. The van der Waals surface area contributed by atoms with E-state index in [2.05, 4.69) is 15.3 Å². The molecule has 1 heterocycles. The number of carboxylic acid groups (broad SMARTS) is 1. The fraction of sp³-hybridized carbons (Fsp3) is 0.154. The molecule has 98 valence electrons. The lowest BCUT2D eigenvalue weighted by molar-refractivity contribution is 0.0683. The summed E-state index contributed by atoms with van der Waals surface area (Å²) in [5.41, 5.74) is 0.644. The van der Waals surface area contributed by atoms with Gasteiger partial charge in [-0.05, 0) is 19.1 Å². The van der Waals surface area contributed by atoms with Crippen molar-refractivity contribution in [2.24, 2.45) is 0 Å². The molecule has 2 aromatic rings. The van der Waals surface area contributed by atoms with Crippen LogP contribution in [-0.4, -0.2) is 28.1 Å². The Morgan fingerprint density at radius 3 is 2.53 bits per heavy atom. The van der Waals surface area contributed by atoms with Crippen LogP contribution in [0.4, 0.5) is 5.82 Å². The SMILES string of the molecule is CNc1nc(C(=O)O)nc(C)c1Sc1ccccc1. The molecule has 2 N–H and O–H groups in total. The maximum absolute atomic E-state index is 10.9. The Kier molecular flexibility index (Phi) is 4.01. The van der Waals surface area contributed by atoms with Crippen LogP contribution in [0.1, 0.15) is 16.3 Å². The fourth-order valence-corrected chi connectivity index (χ4v) is 2.52. The van der Waals surface area contributed by atoms with Gasteiger partial charge in [0.05, 0.1) is 10.6 Å². The Hall–Kier alpha value is -2.08. The predicted molar refractivity (Wildman–Crippen MR) is 73.8 cm³/mol. The third-order valence-corrected chi connectivity index (χ3v) is 3.63. The topological polar surface area (TPSA) is 75.1 Å². The highest BCUT2D eigenvalue weighted by Gasteiger charge is 2.15. The summed E-state index contributed by atoms with van der Waals surface area (Å²) < 4.78 is 0. The largest absolute Gasteiger partial charge is 0.475 e. The average Bonchev–Trinajstić information content (AvgIpc) is 2.41. The van der Waals surface area contributed by atoms with Crippen molar-refractivity contribution < 1.29 is 9.90 Å². The number of hydrogen-bond acceptors (Lipinski definition) is 5. The van der Waals surface area contributed by atoms with Crippen LogP contribution in [0.3, 0.4) is 0 Å². The van der Waals surface area contributed by atoms with Gasteiger partial charge >= 0.3 is 5.97 Å². The summed E-state index contributed by atoms with van der Waals surface area (Å²) in [5.74, 6) is -0.797. The lowest BCUT2D eigenvalue weighted by atomic mass is 10.4. The minimum absolute atomic E-state index is 0.195. The molecular formula is C13H13N3O2S. The van der Waals surface area contributed by atoms with E-state index in [1.54, 1.807) is 14.0 Å². The van der Waals surface area contributed by atoms with Gasteiger partial charge in [-0.3, -0.25) is 0 Å². The van der Waals surface area contributed by atoms with Crippen molar-refractivity contribution in [2.45, 2.75) is 16.7 Å². The van der Waals surface area contributed by atoms with Crippen molar-refractivity contribution in [1.29, 1.82) is 0 Å². The summed E-state index contributed by atoms with van der Waals surface area (Å²) in [6, 6.07) is 9.80. The molecule has 5 nitrogen and oxygen atoms in total. The molecule has 0 aliphatic heterocycles. The second-order valence-corrected chi connectivity index (χ2v) is 4.86. The molecule has 0 fully saturated rings. The summed E-state index contributed by atoms with van der Waals surface area (Å²) in [6.45, 7) is 1.78. The van der Waals surface area contributed by atoms with Crippen LogP contribution in [-0.2, 0) is 0 Å².